The number of Topliss-reactive ketones (excluding diaryl/α,β-unsaturated/α-hetero) is 1. The van der Waals surface area contributed by atoms with Crippen LogP contribution in [-0.2, 0) is 16.8 Å². The van der Waals surface area contributed by atoms with Gasteiger partial charge in [0, 0.05) is 19.5 Å². The molecule has 0 radical (unpaired) electrons. The first-order valence-electron chi connectivity index (χ1n) is 6.61. The van der Waals surface area contributed by atoms with Crippen LogP contribution in [0.4, 0.5) is 0 Å². The topological polar surface area (TPSA) is 29.1 Å². The number of ketones is 1. The van der Waals surface area contributed by atoms with Crippen LogP contribution in [0.25, 0.3) is 0 Å². The minimum atomic E-state index is 0.200. The minimum Gasteiger partial charge on any atom is -0.312 e. The third kappa shape index (κ3) is 4.61. The maximum atomic E-state index is 10.8. The van der Waals surface area contributed by atoms with Gasteiger partial charge in [0.25, 0.3) is 0 Å². The Kier molecular flexibility index (Phi) is 5.09. The molecule has 0 spiro atoms. The number of hydrogen-bond acceptors (Lipinski definition) is 2. The highest BCUT2D eigenvalue weighted by Crippen LogP contribution is 2.24. The summed E-state index contributed by atoms with van der Waals surface area (Å²) >= 11 is 0. The van der Waals surface area contributed by atoms with Gasteiger partial charge in [0.05, 0.1) is 0 Å². The van der Waals surface area contributed by atoms with Crippen molar-refractivity contribution >= 4 is 5.78 Å². The van der Waals surface area contributed by atoms with Crippen molar-refractivity contribution in [3.8, 4) is 0 Å². The Bertz CT molecular complexity index is 416. The number of rotatable bonds is 5. The lowest BCUT2D eigenvalue weighted by atomic mass is 9.85. The summed E-state index contributed by atoms with van der Waals surface area (Å²) in [5, 5.41) is 3.31. The first kappa shape index (κ1) is 14.9. The molecule has 0 aliphatic carbocycles. The van der Waals surface area contributed by atoms with Gasteiger partial charge in [-0.05, 0) is 36.0 Å². The quantitative estimate of drug-likeness (QED) is 0.808. The van der Waals surface area contributed by atoms with Crippen molar-refractivity contribution < 1.29 is 4.79 Å². The van der Waals surface area contributed by atoms with Crippen molar-refractivity contribution in [2.45, 2.75) is 53.0 Å². The Labute approximate surface area is 111 Å². The molecule has 100 valence electrons. The Balaban J connectivity index is 2.60. The third-order valence-corrected chi connectivity index (χ3v) is 3.18. The van der Waals surface area contributed by atoms with Gasteiger partial charge in [-0.2, -0.15) is 0 Å². The largest absolute Gasteiger partial charge is 0.312 e. The van der Waals surface area contributed by atoms with Crippen LogP contribution >= 0.6 is 0 Å². The van der Waals surface area contributed by atoms with Gasteiger partial charge in [0.2, 0.25) is 0 Å². The Morgan fingerprint density at radius 2 is 1.94 bits per heavy atom. The number of benzene rings is 1. The van der Waals surface area contributed by atoms with Crippen LogP contribution in [0, 0.1) is 6.92 Å². The van der Waals surface area contributed by atoms with Gasteiger partial charge in [-0.1, -0.05) is 39.0 Å². The maximum Gasteiger partial charge on any atom is 0.131 e. The number of carbonyl (C=O) groups excluding carboxylic acids is 1. The zero-order chi connectivity index (χ0) is 13.8. The normalized spacial score (nSPS) is 11.6. The summed E-state index contributed by atoms with van der Waals surface area (Å²) in [6, 6.07) is 6.66. The molecule has 1 N–H and O–H groups in total. The summed E-state index contributed by atoms with van der Waals surface area (Å²) in [7, 11) is 0. The van der Waals surface area contributed by atoms with Gasteiger partial charge < -0.3 is 5.32 Å². The van der Waals surface area contributed by atoms with Gasteiger partial charge in [-0.25, -0.2) is 0 Å². The van der Waals surface area contributed by atoms with E-state index in [0.29, 0.717) is 6.42 Å². The van der Waals surface area contributed by atoms with Crippen molar-refractivity contribution in [3.05, 3.63) is 34.9 Å². The summed E-state index contributed by atoms with van der Waals surface area (Å²) in [5.41, 5.74) is 4.20. The molecule has 2 nitrogen and oxygen atoms in total. The van der Waals surface area contributed by atoms with Crippen LogP contribution in [0.3, 0.4) is 0 Å². The molecule has 2 heteroatoms. The van der Waals surface area contributed by atoms with E-state index >= 15 is 0 Å². The van der Waals surface area contributed by atoms with Crippen LogP contribution in [0.15, 0.2) is 18.2 Å². The van der Waals surface area contributed by atoms with Gasteiger partial charge in [0.1, 0.15) is 5.78 Å². The van der Waals surface area contributed by atoms with E-state index in [0.717, 1.165) is 13.1 Å². The van der Waals surface area contributed by atoms with Crippen LogP contribution in [0.1, 0.15) is 50.8 Å². The highest BCUT2D eigenvalue weighted by Gasteiger charge is 2.14. The van der Waals surface area contributed by atoms with E-state index in [9.17, 15) is 4.79 Å². The average molecular weight is 247 g/mol. The average Bonchev–Trinajstić information content (AvgIpc) is 2.24. The molecular formula is C16H25NO. The lowest BCUT2D eigenvalue weighted by Gasteiger charge is -2.20. The summed E-state index contributed by atoms with van der Waals surface area (Å²) < 4.78 is 0. The van der Waals surface area contributed by atoms with Crippen LogP contribution < -0.4 is 5.32 Å². The second-order valence-corrected chi connectivity index (χ2v) is 6.02. The van der Waals surface area contributed by atoms with Crippen molar-refractivity contribution in [1.82, 2.24) is 5.32 Å². The number of nitrogens with one attached hydrogen (secondary N) is 1. The van der Waals surface area contributed by atoms with Gasteiger partial charge in [-0.15, -0.1) is 0 Å². The lowest BCUT2D eigenvalue weighted by Crippen LogP contribution is -2.18. The van der Waals surface area contributed by atoms with Gasteiger partial charge in [-0.3, -0.25) is 4.79 Å². The second-order valence-electron chi connectivity index (χ2n) is 6.02. The standard InChI is InChI=1S/C16H25NO/c1-12-10-15(16(3,4)5)7-6-14(12)11-17-9-8-13(2)18/h6-7,10,17H,8-9,11H2,1-5H3. The summed E-state index contributed by atoms with van der Waals surface area (Å²) in [6.45, 7) is 12.1. The number of hydrogen-bond donors (Lipinski definition) is 1. The molecule has 0 saturated carbocycles. The zero-order valence-corrected chi connectivity index (χ0v) is 12.3. The molecule has 0 heterocycles. The van der Waals surface area contributed by atoms with Gasteiger partial charge in [0.15, 0.2) is 0 Å². The Morgan fingerprint density at radius 1 is 1.28 bits per heavy atom. The molecule has 0 bridgehead atoms. The molecule has 0 fully saturated rings. The molecule has 0 saturated heterocycles. The van der Waals surface area contributed by atoms with Crippen molar-refractivity contribution in [3.63, 3.8) is 0 Å². The molecule has 0 atom stereocenters. The first-order valence-corrected chi connectivity index (χ1v) is 6.61. The fourth-order valence-electron chi connectivity index (χ4n) is 1.85. The third-order valence-electron chi connectivity index (χ3n) is 3.18. The molecule has 18 heavy (non-hydrogen) atoms. The predicted octanol–water partition coefficient (Wildman–Crippen LogP) is 3.36. The van der Waals surface area contributed by atoms with E-state index in [1.165, 1.54) is 16.7 Å². The second kappa shape index (κ2) is 6.14. The van der Waals surface area contributed by atoms with E-state index in [-0.39, 0.29) is 11.2 Å². The molecule has 0 amide bonds. The summed E-state index contributed by atoms with van der Waals surface area (Å²) in [6.07, 6.45) is 0.610. The van der Waals surface area contributed by atoms with E-state index in [4.69, 9.17) is 0 Å². The molecule has 0 aliphatic heterocycles. The van der Waals surface area contributed by atoms with E-state index < -0.39 is 0 Å². The molecule has 0 unspecified atom stereocenters. The SMILES string of the molecule is CC(=O)CCNCc1ccc(C(C)(C)C)cc1C. The fourth-order valence-corrected chi connectivity index (χ4v) is 1.85. The number of carbonyl (C=O) groups is 1. The molecule has 1 rings (SSSR count). The Hall–Kier alpha value is -1.15. The number of aryl methyl sites for hydroxylation is 1. The van der Waals surface area contributed by atoms with E-state index in [2.05, 4.69) is 51.2 Å². The molecule has 1 aromatic carbocycles. The lowest BCUT2D eigenvalue weighted by molar-refractivity contribution is -0.116. The molecule has 0 aliphatic rings. The zero-order valence-electron chi connectivity index (χ0n) is 12.3. The van der Waals surface area contributed by atoms with Crippen LogP contribution in [0.2, 0.25) is 0 Å². The fraction of sp³-hybridized carbons (Fsp3) is 0.562. The highest BCUT2D eigenvalue weighted by molar-refractivity contribution is 5.75. The van der Waals surface area contributed by atoms with Crippen molar-refractivity contribution in [2.75, 3.05) is 6.54 Å². The van der Waals surface area contributed by atoms with Gasteiger partial charge >= 0.3 is 0 Å². The smallest absolute Gasteiger partial charge is 0.131 e. The molecule has 1 aromatic rings. The summed E-state index contributed by atoms with van der Waals surface area (Å²) in [4.78, 5) is 10.8. The van der Waals surface area contributed by atoms with Crippen molar-refractivity contribution in [1.29, 1.82) is 0 Å². The van der Waals surface area contributed by atoms with Crippen LogP contribution in [-0.4, -0.2) is 12.3 Å². The van der Waals surface area contributed by atoms with E-state index in [1.807, 2.05) is 0 Å². The van der Waals surface area contributed by atoms with E-state index in [1.54, 1.807) is 6.92 Å². The predicted molar refractivity (Wildman–Crippen MR) is 76.9 cm³/mol. The Morgan fingerprint density at radius 3 is 2.44 bits per heavy atom. The minimum absolute atomic E-state index is 0.200. The molecular weight excluding hydrogens is 222 g/mol. The monoisotopic (exact) mass is 247 g/mol. The maximum absolute atomic E-state index is 10.8. The van der Waals surface area contributed by atoms with Crippen LogP contribution in [0.5, 0.6) is 0 Å². The first-order chi connectivity index (χ1) is 8.30. The summed E-state index contributed by atoms with van der Waals surface area (Å²) in [5.74, 6) is 0.238. The molecule has 0 aromatic heterocycles. The highest BCUT2D eigenvalue weighted by atomic mass is 16.1. The van der Waals surface area contributed by atoms with Crippen molar-refractivity contribution in [2.24, 2.45) is 0 Å².